The van der Waals surface area contributed by atoms with E-state index in [9.17, 15) is 9.90 Å². The fourth-order valence-electron chi connectivity index (χ4n) is 2.63. The van der Waals surface area contributed by atoms with Gasteiger partial charge >= 0.3 is 0 Å². The van der Waals surface area contributed by atoms with Gasteiger partial charge in [0.2, 0.25) is 0 Å². The Balaban J connectivity index is 2.00. The molecule has 1 aliphatic heterocycles. The topological polar surface area (TPSA) is 52.6 Å². The summed E-state index contributed by atoms with van der Waals surface area (Å²) in [6.45, 7) is 7.08. The highest BCUT2D eigenvalue weighted by Crippen LogP contribution is 2.16. The maximum Gasteiger partial charge on any atom is 0.251 e. The molecule has 1 unspecified atom stereocenters. The molecule has 1 atom stereocenters. The van der Waals surface area contributed by atoms with Crippen molar-refractivity contribution in [1.29, 1.82) is 0 Å². The Hall–Kier alpha value is -1.55. The molecule has 2 N–H and O–H groups in total. The SMILES string of the molecule is CCN1CCCC(NC(=O)c2ccc(O)cc2C)C1. The Morgan fingerprint density at radius 3 is 3.00 bits per heavy atom. The summed E-state index contributed by atoms with van der Waals surface area (Å²) in [7, 11) is 0. The maximum absolute atomic E-state index is 12.2. The Morgan fingerprint density at radius 2 is 2.32 bits per heavy atom. The normalized spacial score (nSPS) is 20.2. The fraction of sp³-hybridized carbons (Fsp3) is 0.533. The number of likely N-dealkylation sites (N-methyl/N-ethyl adjacent to an activating group) is 1. The summed E-state index contributed by atoms with van der Waals surface area (Å²) in [6.07, 6.45) is 2.17. The number of aryl methyl sites for hydroxylation is 1. The van der Waals surface area contributed by atoms with Crippen LogP contribution in [-0.2, 0) is 0 Å². The number of phenols is 1. The molecule has 4 heteroatoms. The van der Waals surface area contributed by atoms with Crippen molar-refractivity contribution in [2.75, 3.05) is 19.6 Å². The molecular weight excluding hydrogens is 240 g/mol. The molecule has 104 valence electrons. The second-order valence-electron chi connectivity index (χ2n) is 5.21. The van der Waals surface area contributed by atoms with E-state index in [1.54, 1.807) is 18.2 Å². The van der Waals surface area contributed by atoms with Gasteiger partial charge in [-0.15, -0.1) is 0 Å². The van der Waals surface area contributed by atoms with Gasteiger partial charge in [0.15, 0.2) is 0 Å². The van der Waals surface area contributed by atoms with Crippen LogP contribution in [0, 0.1) is 6.92 Å². The van der Waals surface area contributed by atoms with Crippen molar-refractivity contribution >= 4 is 5.91 Å². The molecular formula is C15H22N2O2. The van der Waals surface area contributed by atoms with Gasteiger partial charge in [-0.1, -0.05) is 6.92 Å². The maximum atomic E-state index is 12.2. The number of amides is 1. The van der Waals surface area contributed by atoms with Crippen molar-refractivity contribution in [2.24, 2.45) is 0 Å². The van der Waals surface area contributed by atoms with E-state index in [-0.39, 0.29) is 17.7 Å². The summed E-state index contributed by atoms with van der Waals surface area (Å²) >= 11 is 0. The zero-order valence-corrected chi connectivity index (χ0v) is 11.6. The number of likely N-dealkylation sites (tertiary alicyclic amines) is 1. The lowest BCUT2D eigenvalue weighted by Gasteiger charge is -2.32. The Bertz CT molecular complexity index is 459. The first-order valence-electron chi connectivity index (χ1n) is 6.93. The molecule has 0 spiro atoms. The van der Waals surface area contributed by atoms with Crippen LogP contribution in [0.3, 0.4) is 0 Å². The molecule has 1 fully saturated rings. The number of carbonyl (C=O) groups excluding carboxylic acids is 1. The number of aromatic hydroxyl groups is 1. The van der Waals surface area contributed by atoms with Gasteiger partial charge in [0.05, 0.1) is 0 Å². The summed E-state index contributed by atoms with van der Waals surface area (Å²) in [5.41, 5.74) is 1.45. The quantitative estimate of drug-likeness (QED) is 0.875. The summed E-state index contributed by atoms with van der Waals surface area (Å²) in [4.78, 5) is 14.6. The summed E-state index contributed by atoms with van der Waals surface area (Å²) in [5, 5.41) is 12.5. The van der Waals surface area contributed by atoms with Gasteiger partial charge in [-0.05, 0) is 56.6 Å². The molecule has 19 heavy (non-hydrogen) atoms. The van der Waals surface area contributed by atoms with Crippen LogP contribution in [0.5, 0.6) is 5.75 Å². The van der Waals surface area contributed by atoms with Gasteiger partial charge in [0.1, 0.15) is 5.75 Å². The van der Waals surface area contributed by atoms with E-state index in [2.05, 4.69) is 17.1 Å². The molecule has 4 nitrogen and oxygen atoms in total. The number of hydrogen-bond acceptors (Lipinski definition) is 3. The Kier molecular flexibility index (Phi) is 4.43. The average Bonchev–Trinajstić information content (AvgIpc) is 2.38. The van der Waals surface area contributed by atoms with Crippen molar-refractivity contribution < 1.29 is 9.90 Å². The fourth-order valence-corrected chi connectivity index (χ4v) is 2.63. The van der Waals surface area contributed by atoms with Crippen LogP contribution < -0.4 is 5.32 Å². The van der Waals surface area contributed by atoms with Crippen molar-refractivity contribution in [3.63, 3.8) is 0 Å². The zero-order chi connectivity index (χ0) is 13.8. The molecule has 1 aliphatic rings. The minimum absolute atomic E-state index is 0.0412. The van der Waals surface area contributed by atoms with E-state index in [1.165, 1.54) is 0 Å². The number of carbonyl (C=O) groups is 1. The van der Waals surface area contributed by atoms with E-state index in [4.69, 9.17) is 0 Å². The minimum atomic E-state index is -0.0412. The highest BCUT2D eigenvalue weighted by molar-refractivity contribution is 5.96. The first-order valence-corrected chi connectivity index (χ1v) is 6.93. The standard InChI is InChI=1S/C15H22N2O2/c1-3-17-8-4-5-12(10-17)16-15(19)14-7-6-13(18)9-11(14)2/h6-7,9,12,18H,3-5,8,10H2,1-2H3,(H,16,19). The van der Waals surface area contributed by atoms with Crippen molar-refractivity contribution in [2.45, 2.75) is 32.7 Å². The van der Waals surface area contributed by atoms with Crippen LogP contribution in [0.15, 0.2) is 18.2 Å². The first kappa shape index (κ1) is 13.9. The molecule has 1 aromatic rings. The molecule has 1 saturated heterocycles. The number of nitrogens with zero attached hydrogens (tertiary/aromatic N) is 1. The molecule has 0 aliphatic carbocycles. The predicted molar refractivity (Wildman–Crippen MR) is 75.4 cm³/mol. The van der Waals surface area contributed by atoms with Crippen LogP contribution in [0.4, 0.5) is 0 Å². The van der Waals surface area contributed by atoms with Crippen LogP contribution >= 0.6 is 0 Å². The molecule has 0 radical (unpaired) electrons. The third kappa shape index (κ3) is 3.47. The lowest BCUT2D eigenvalue weighted by Crippen LogP contribution is -2.47. The van der Waals surface area contributed by atoms with E-state index in [1.807, 2.05) is 6.92 Å². The third-order valence-electron chi connectivity index (χ3n) is 3.74. The van der Waals surface area contributed by atoms with E-state index >= 15 is 0 Å². The van der Waals surface area contributed by atoms with Crippen LogP contribution in [0.25, 0.3) is 0 Å². The van der Waals surface area contributed by atoms with Crippen molar-refractivity contribution in [1.82, 2.24) is 10.2 Å². The Labute approximate surface area is 114 Å². The highest BCUT2D eigenvalue weighted by atomic mass is 16.3. The zero-order valence-electron chi connectivity index (χ0n) is 11.6. The van der Waals surface area contributed by atoms with Crippen LogP contribution in [0.1, 0.15) is 35.7 Å². The number of benzene rings is 1. The van der Waals surface area contributed by atoms with Crippen molar-refractivity contribution in [3.8, 4) is 5.75 Å². The lowest BCUT2D eigenvalue weighted by molar-refractivity contribution is 0.0905. The smallest absolute Gasteiger partial charge is 0.251 e. The van der Waals surface area contributed by atoms with Gasteiger partial charge in [-0.2, -0.15) is 0 Å². The largest absolute Gasteiger partial charge is 0.508 e. The average molecular weight is 262 g/mol. The number of hydrogen-bond donors (Lipinski definition) is 2. The molecule has 1 heterocycles. The van der Waals surface area contributed by atoms with Crippen LogP contribution in [-0.4, -0.2) is 41.6 Å². The van der Waals surface area contributed by atoms with E-state index in [0.29, 0.717) is 5.56 Å². The number of nitrogens with one attached hydrogen (secondary N) is 1. The molecule has 1 amide bonds. The number of rotatable bonds is 3. The minimum Gasteiger partial charge on any atom is -0.508 e. The molecule has 2 rings (SSSR count). The van der Waals surface area contributed by atoms with Crippen LogP contribution in [0.2, 0.25) is 0 Å². The molecule has 1 aromatic carbocycles. The summed E-state index contributed by atoms with van der Waals surface area (Å²) in [5.74, 6) is 0.157. The third-order valence-corrected chi connectivity index (χ3v) is 3.74. The number of phenolic OH excluding ortho intramolecular Hbond substituents is 1. The Morgan fingerprint density at radius 1 is 1.53 bits per heavy atom. The van der Waals surface area contributed by atoms with Gasteiger partial charge in [0, 0.05) is 18.2 Å². The summed E-state index contributed by atoms with van der Waals surface area (Å²) in [6, 6.07) is 5.09. The first-order chi connectivity index (χ1) is 9.10. The second kappa shape index (κ2) is 6.06. The highest BCUT2D eigenvalue weighted by Gasteiger charge is 2.21. The van der Waals surface area contributed by atoms with E-state index < -0.39 is 0 Å². The monoisotopic (exact) mass is 262 g/mol. The second-order valence-corrected chi connectivity index (χ2v) is 5.21. The number of piperidine rings is 1. The van der Waals surface area contributed by atoms with Gasteiger partial charge in [0.25, 0.3) is 5.91 Å². The van der Waals surface area contributed by atoms with Gasteiger partial charge < -0.3 is 15.3 Å². The van der Waals surface area contributed by atoms with E-state index in [0.717, 1.165) is 38.0 Å². The van der Waals surface area contributed by atoms with Gasteiger partial charge in [-0.25, -0.2) is 0 Å². The molecule has 0 aromatic heterocycles. The molecule has 0 saturated carbocycles. The van der Waals surface area contributed by atoms with Crippen molar-refractivity contribution in [3.05, 3.63) is 29.3 Å². The molecule has 0 bridgehead atoms. The summed E-state index contributed by atoms with van der Waals surface area (Å²) < 4.78 is 0. The van der Waals surface area contributed by atoms with Gasteiger partial charge in [-0.3, -0.25) is 4.79 Å². The predicted octanol–water partition coefficient (Wildman–Crippen LogP) is 1.91. The lowest BCUT2D eigenvalue weighted by atomic mass is 10.0.